The van der Waals surface area contributed by atoms with Crippen LogP contribution in [0.3, 0.4) is 0 Å². The summed E-state index contributed by atoms with van der Waals surface area (Å²) in [4.78, 5) is 1.65. The van der Waals surface area contributed by atoms with Crippen molar-refractivity contribution in [2.24, 2.45) is 0 Å². The van der Waals surface area contributed by atoms with Crippen molar-refractivity contribution >= 4 is 11.4 Å². The lowest BCUT2D eigenvalue weighted by atomic mass is 10.1. The summed E-state index contributed by atoms with van der Waals surface area (Å²) in [5.41, 5.74) is 4.58. The first-order valence-corrected chi connectivity index (χ1v) is 5.22. The molecule has 0 aliphatic heterocycles. The molecule has 0 aliphatic rings. The molecule has 1 rings (SSSR count). The van der Waals surface area contributed by atoms with E-state index in [9.17, 15) is 13.2 Å². The predicted octanol–water partition coefficient (Wildman–Crippen LogP) is 2.11. The molecule has 3 nitrogen and oxygen atoms in total. The maximum atomic E-state index is 12.6. The van der Waals surface area contributed by atoms with Gasteiger partial charge in [0.25, 0.3) is 0 Å². The lowest BCUT2D eigenvalue weighted by molar-refractivity contribution is -0.136. The Morgan fingerprint density at radius 1 is 1.35 bits per heavy atom. The number of rotatable bonds is 4. The van der Waals surface area contributed by atoms with Crippen LogP contribution in [0.15, 0.2) is 18.2 Å². The van der Waals surface area contributed by atoms with E-state index in [-0.39, 0.29) is 18.8 Å². The average Bonchev–Trinajstić information content (AvgIpc) is 2.25. The summed E-state index contributed by atoms with van der Waals surface area (Å²) in [5, 5.41) is 8.82. The predicted molar refractivity (Wildman–Crippen MR) is 60.8 cm³/mol. The van der Waals surface area contributed by atoms with Crippen LogP contribution in [0.1, 0.15) is 12.5 Å². The van der Waals surface area contributed by atoms with Crippen LogP contribution in [-0.4, -0.2) is 24.8 Å². The third-order valence-electron chi connectivity index (χ3n) is 2.46. The Morgan fingerprint density at radius 2 is 2.00 bits per heavy atom. The molecule has 0 saturated carbocycles. The number of alkyl halides is 3. The van der Waals surface area contributed by atoms with E-state index in [0.29, 0.717) is 12.2 Å². The zero-order valence-electron chi connectivity index (χ0n) is 9.46. The number of aliphatic hydroxyl groups excluding tert-OH is 1. The lowest BCUT2D eigenvalue weighted by Crippen LogP contribution is -2.26. The zero-order valence-corrected chi connectivity index (χ0v) is 9.46. The van der Waals surface area contributed by atoms with Gasteiger partial charge in [0.15, 0.2) is 0 Å². The second-order valence-electron chi connectivity index (χ2n) is 3.57. The van der Waals surface area contributed by atoms with Crippen LogP contribution >= 0.6 is 0 Å². The maximum absolute atomic E-state index is 12.6. The zero-order chi connectivity index (χ0) is 13.1. The van der Waals surface area contributed by atoms with Crippen molar-refractivity contribution in [1.82, 2.24) is 0 Å². The minimum atomic E-state index is -4.46. The Labute approximate surface area is 97.6 Å². The second kappa shape index (κ2) is 5.27. The highest BCUT2D eigenvalue weighted by Gasteiger charge is 2.33. The first-order chi connectivity index (χ1) is 7.90. The minimum absolute atomic E-state index is 0.112. The molecule has 0 bridgehead atoms. The Bertz CT molecular complexity index is 379. The molecule has 6 heteroatoms. The third-order valence-corrected chi connectivity index (χ3v) is 2.46. The van der Waals surface area contributed by atoms with Gasteiger partial charge in [-0.25, -0.2) is 0 Å². The van der Waals surface area contributed by atoms with Crippen molar-refractivity contribution in [1.29, 1.82) is 0 Å². The normalized spacial score (nSPS) is 11.6. The van der Waals surface area contributed by atoms with E-state index >= 15 is 0 Å². The average molecular weight is 248 g/mol. The quantitative estimate of drug-likeness (QED) is 0.802. The molecular weight excluding hydrogens is 233 g/mol. The summed E-state index contributed by atoms with van der Waals surface area (Å²) in [6.45, 7) is 2.50. The molecule has 0 unspecified atom stereocenters. The number of hydrogen-bond acceptors (Lipinski definition) is 3. The van der Waals surface area contributed by atoms with E-state index in [4.69, 9.17) is 10.8 Å². The Morgan fingerprint density at radius 3 is 2.47 bits per heavy atom. The summed E-state index contributed by atoms with van der Waals surface area (Å²) in [7, 11) is 0. The molecule has 1 aromatic carbocycles. The standard InChI is InChI=1S/C11H15F3N2O/c1-2-16(5-6-17)8-3-4-10(15)9(7-8)11(12,13)14/h3-4,7,17H,2,5-6,15H2,1H3. The molecule has 3 N–H and O–H groups in total. The molecule has 0 spiro atoms. The van der Waals surface area contributed by atoms with Crippen LogP contribution in [0.25, 0.3) is 0 Å². The molecule has 1 aromatic rings. The van der Waals surface area contributed by atoms with Gasteiger partial charge in [-0.2, -0.15) is 13.2 Å². The summed E-state index contributed by atoms with van der Waals surface area (Å²) in [5.74, 6) is 0. The van der Waals surface area contributed by atoms with Gasteiger partial charge in [-0.15, -0.1) is 0 Å². The molecule has 17 heavy (non-hydrogen) atoms. The van der Waals surface area contributed by atoms with Crippen LogP contribution in [0.4, 0.5) is 24.5 Å². The molecule has 96 valence electrons. The number of nitrogens with two attached hydrogens (primary N) is 1. The van der Waals surface area contributed by atoms with Gasteiger partial charge in [0.2, 0.25) is 0 Å². The summed E-state index contributed by atoms with van der Waals surface area (Å²) in [6, 6.07) is 3.76. The van der Waals surface area contributed by atoms with Gasteiger partial charge in [-0.05, 0) is 25.1 Å². The number of nitrogens with zero attached hydrogens (tertiary/aromatic N) is 1. The number of benzene rings is 1. The SMILES string of the molecule is CCN(CCO)c1ccc(N)c(C(F)(F)F)c1. The molecule has 0 fully saturated rings. The molecule has 0 atom stereocenters. The molecule has 0 amide bonds. The van der Waals surface area contributed by atoms with Gasteiger partial charge in [0.05, 0.1) is 12.2 Å². The highest BCUT2D eigenvalue weighted by Crippen LogP contribution is 2.35. The molecule has 0 aromatic heterocycles. The molecular formula is C11H15F3N2O. The summed E-state index contributed by atoms with van der Waals surface area (Å²) in [6.07, 6.45) is -4.46. The first-order valence-electron chi connectivity index (χ1n) is 5.22. The van der Waals surface area contributed by atoms with Gasteiger partial charge in [0, 0.05) is 24.5 Å². The van der Waals surface area contributed by atoms with Crippen molar-refractivity contribution < 1.29 is 18.3 Å². The molecule has 0 heterocycles. The van der Waals surface area contributed by atoms with E-state index < -0.39 is 11.7 Å². The number of likely N-dealkylation sites (N-methyl/N-ethyl adjacent to an activating group) is 1. The number of nitrogen functional groups attached to an aromatic ring is 1. The Kier molecular flexibility index (Phi) is 4.22. The number of halogens is 3. The van der Waals surface area contributed by atoms with Crippen molar-refractivity contribution in [3.8, 4) is 0 Å². The fourth-order valence-electron chi connectivity index (χ4n) is 1.58. The Hall–Kier alpha value is -1.43. The van der Waals surface area contributed by atoms with Crippen LogP contribution in [0.2, 0.25) is 0 Å². The number of aliphatic hydroxyl groups is 1. The van der Waals surface area contributed by atoms with Gasteiger partial charge in [0.1, 0.15) is 0 Å². The minimum Gasteiger partial charge on any atom is -0.398 e. The fraction of sp³-hybridized carbons (Fsp3) is 0.455. The van der Waals surface area contributed by atoms with Crippen LogP contribution < -0.4 is 10.6 Å². The third kappa shape index (κ3) is 3.26. The Balaban J connectivity index is 3.11. The van der Waals surface area contributed by atoms with Crippen molar-refractivity contribution in [2.75, 3.05) is 30.3 Å². The molecule has 0 radical (unpaired) electrons. The number of anilines is 2. The van der Waals surface area contributed by atoms with Crippen molar-refractivity contribution in [3.63, 3.8) is 0 Å². The van der Waals surface area contributed by atoms with E-state index in [1.807, 2.05) is 0 Å². The summed E-state index contributed by atoms with van der Waals surface area (Å²) >= 11 is 0. The van der Waals surface area contributed by atoms with Gasteiger partial charge in [-0.1, -0.05) is 0 Å². The van der Waals surface area contributed by atoms with Gasteiger partial charge in [-0.3, -0.25) is 0 Å². The highest BCUT2D eigenvalue weighted by atomic mass is 19.4. The number of hydrogen-bond donors (Lipinski definition) is 2. The maximum Gasteiger partial charge on any atom is 0.418 e. The van der Waals surface area contributed by atoms with Gasteiger partial charge < -0.3 is 15.7 Å². The topological polar surface area (TPSA) is 49.5 Å². The van der Waals surface area contributed by atoms with Crippen molar-refractivity contribution in [3.05, 3.63) is 23.8 Å². The van der Waals surface area contributed by atoms with E-state index in [2.05, 4.69) is 0 Å². The lowest BCUT2D eigenvalue weighted by Gasteiger charge is -2.23. The van der Waals surface area contributed by atoms with Crippen LogP contribution in [0.5, 0.6) is 0 Å². The smallest absolute Gasteiger partial charge is 0.398 e. The van der Waals surface area contributed by atoms with E-state index in [0.717, 1.165) is 6.07 Å². The molecule has 0 saturated heterocycles. The van der Waals surface area contributed by atoms with E-state index in [1.54, 1.807) is 11.8 Å². The first kappa shape index (κ1) is 13.6. The summed E-state index contributed by atoms with van der Waals surface area (Å²) < 4.78 is 37.9. The van der Waals surface area contributed by atoms with Crippen LogP contribution in [-0.2, 0) is 6.18 Å². The second-order valence-corrected chi connectivity index (χ2v) is 3.57. The molecule has 0 aliphatic carbocycles. The largest absolute Gasteiger partial charge is 0.418 e. The van der Waals surface area contributed by atoms with Gasteiger partial charge >= 0.3 is 6.18 Å². The monoisotopic (exact) mass is 248 g/mol. The highest BCUT2D eigenvalue weighted by molar-refractivity contribution is 5.59. The fourth-order valence-corrected chi connectivity index (χ4v) is 1.58. The van der Waals surface area contributed by atoms with Crippen molar-refractivity contribution in [2.45, 2.75) is 13.1 Å². The van der Waals surface area contributed by atoms with Crippen LogP contribution in [0, 0.1) is 0 Å². The van der Waals surface area contributed by atoms with E-state index in [1.165, 1.54) is 12.1 Å².